The molecule has 0 amide bonds. The van der Waals surface area contributed by atoms with E-state index in [9.17, 15) is 0 Å². The second-order valence-electron chi connectivity index (χ2n) is 5.51. The van der Waals surface area contributed by atoms with Gasteiger partial charge in [0.2, 0.25) is 0 Å². The highest BCUT2D eigenvalue weighted by Gasteiger charge is 2.21. The first-order valence-electron chi connectivity index (χ1n) is 7.50. The summed E-state index contributed by atoms with van der Waals surface area (Å²) >= 11 is 0. The van der Waals surface area contributed by atoms with E-state index >= 15 is 0 Å². The molecule has 0 unspecified atom stereocenters. The molecule has 0 N–H and O–H groups in total. The summed E-state index contributed by atoms with van der Waals surface area (Å²) in [5, 5.41) is 4.29. The summed E-state index contributed by atoms with van der Waals surface area (Å²) in [6, 6.07) is 2.05. The first-order valence-corrected chi connectivity index (χ1v) is 7.50. The van der Waals surface area contributed by atoms with Crippen molar-refractivity contribution in [2.45, 2.75) is 33.2 Å². The van der Waals surface area contributed by atoms with Crippen molar-refractivity contribution in [1.29, 1.82) is 0 Å². The largest absolute Gasteiger partial charge is 0.350 e. The molecule has 4 heterocycles. The maximum Gasteiger partial charge on any atom is 0.254 e. The lowest BCUT2D eigenvalue weighted by Crippen LogP contribution is -2.33. The van der Waals surface area contributed by atoms with Crippen LogP contribution in [0.25, 0.3) is 5.78 Å². The zero-order chi connectivity index (χ0) is 15.1. The van der Waals surface area contributed by atoms with Crippen LogP contribution in [0.15, 0.2) is 18.6 Å². The van der Waals surface area contributed by atoms with Gasteiger partial charge in [-0.1, -0.05) is 6.92 Å². The highest BCUT2D eigenvalue weighted by atomic mass is 15.4. The van der Waals surface area contributed by atoms with E-state index in [1.165, 1.54) is 5.56 Å². The molecule has 0 saturated heterocycles. The number of aryl methyl sites for hydroxylation is 2. The van der Waals surface area contributed by atoms with E-state index in [-0.39, 0.29) is 0 Å². The van der Waals surface area contributed by atoms with E-state index in [0.717, 1.165) is 49.0 Å². The maximum atomic E-state index is 4.68. The summed E-state index contributed by atoms with van der Waals surface area (Å²) in [6.45, 7) is 5.74. The van der Waals surface area contributed by atoms with Gasteiger partial charge < -0.3 is 4.90 Å². The summed E-state index contributed by atoms with van der Waals surface area (Å²) in [6.07, 6.45) is 5.31. The van der Waals surface area contributed by atoms with Gasteiger partial charge in [-0.3, -0.25) is 0 Å². The number of hydrogen-bond acceptors (Lipinski definition) is 6. The average Bonchev–Trinajstić information content (AvgIpc) is 3.01. The summed E-state index contributed by atoms with van der Waals surface area (Å²) in [4.78, 5) is 20.0. The molecule has 3 aromatic rings. The molecule has 7 heteroatoms. The maximum absolute atomic E-state index is 4.68. The fourth-order valence-electron chi connectivity index (χ4n) is 2.85. The summed E-state index contributed by atoms with van der Waals surface area (Å²) < 4.78 is 1.79. The SMILES string of the molecule is CCc1ncc2c(n1)CN(c1cc(C)nc3ncnn13)CC2. The van der Waals surface area contributed by atoms with Gasteiger partial charge in [0.1, 0.15) is 18.0 Å². The van der Waals surface area contributed by atoms with E-state index in [1.54, 1.807) is 10.8 Å². The Labute approximate surface area is 128 Å². The van der Waals surface area contributed by atoms with E-state index in [4.69, 9.17) is 0 Å². The fourth-order valence-corrected chi connectivity index (χ4v) is 2.85. The average molecular weight is 295 g/mol. The third-order valence-electron chi connectivity index (χ3n) is 4.00. The number of hydrogen-bond donors (Lipinski definition) is 0. The molecule has 0 radical (unpaired) electrons. The molecular weight excluding hydrogens is 278 g/mol. The lowest BCUT2D eigenvalue weighted by Gasteiger charge is -2.29. The molecule has 112 valence electrons. The van der Waals surface area contributed by atoms with Gasteiger partial charge in [0, 0.05) is 30.9 Å². The van der Waals surface area contributed by atoms with Crippen molar-refractivity contribution in [3.05, 3.63) is 41.4 Å². The van der Waals surface area contributed by atoms with Crippen molar-refractivity contribution >= 4 is 11.6 Å². The van der Waals surface area contributed by atoms with Gasteiger partial charge >= 0.3 is 0 Å². The highest BCUT2D eigenvalue weighted by Crippen LogP contribution is 2.23. The van der Waals surface area contributed by atoms with Gasteiger partial charge in [-0.25, -0.2) is 15.0 Å². The lowest BCUT2D eigenvalue weighted by atomic mass is 10.1. The Hall–Kier alpha value is -2.57. The normalized spacial score (nSPS) is 14.4. The second-order valence-corrected chi connectivity index (χ2v) is 5.51. The Morgan fingerprint density at radius 1 is 1.23 bits per heavy atom. The van der Waals surface area contributed by atoms with Crippen molar-refractivity contribution in [2.75, 3.05) is 11.4 Å². The predicted octanol–water partition coefficient (Wildman–Crippen LogP) is 1.35. The van der Waals surface area contributed by atoms with Crippen molar-refractivity contribution in [3.8, 4) is 0 Å². The van der Waals surface area contributed by atoms with Crippen LogP contribution in [0.4, 0.5) is 5.82 Å². The Morgan fingerprint density at radius 3 is 3.00 bits per heavy atom. The Morgan fingerprint density at radius 2 is 2.14 bits per heavy atom. The van der Waals surface area contributed by atoms with E-state index in [1.807, 2.05) is 13.1 Å². The highest BCUT2D eigenvalue weighted by molar-refractivity contribution is 5.49. The molecular formula is C15H17N7. The van der Waals surface area contributed by atoms with Crippen LogP contribution in [0, 0.1) is 6.92 Å². The van der Waals surface area contributed by atoms with Gasteiger partial charge in [0.05, 0.1) is 12.2 Å². The molecule has 0 spiro atoms. The zero-order valence-electron chi connectivity index (χ0n) is 12.7. The van der Waals surface area contributed by atoms with Gasteiger partial charge in [0.25, 0.3) is 5.78 Å². The van der Waals surface area contributed by atoms with Crippen LogP contribution in [-0.2, 0) is 19.4 Å². The molecule has 7 nitrogen and oxygen atoms in total. The molecule has 0 atom stereocenters. The molecule has 0 saturated carbocycles. The van der Waals surface area contributed by atoms with Gasteiger partial charge in [0.15, 0.2) is 0 Å². The van der Waals surface area contributed by atoms with E-state index in [2.05, 4.69) is 42.9 Å². The van der Waals surface area contributed by atoms with Gasteiger partial charge in [-0.05, 0) is 18.9 Å². The van der Waals surface area contributed by atoms with Crippen LogP contribution in [0.3, 0.4) is 0 Å². The van der Waals surface area contributed by atoms with E-state index in [0.29, 0.717) is 5.78 Å². The van der Waals surface area contributed by atoms with Crippen LogP contribution >= 0.6 is 0 Å². The monoisotopic (exact) mass is 295 g/mol. The topological polar surface area (TPSA) is 72.1 Å². The predicted molar refractivity (Wildman–Crippen MR) is 81.7 cm³/mol. The standard InChI is InChI=1S/C15H17N7/c1-3-13-16-7-11-4-5-21(8-12(11)20-13)14-6-10(2)19-15-17-9-18-22(14)15/h6-7,9H,3-5,8H2,1-2H3. The first kappa shape index (κ1) is 13.1. The van der Waals surface area contributed by atoms with Crippen LogP contribution in [0.1, 0.15) is 29.7 Å². The number of nitrogens with zero attached hydrogens (tertiary/aromatic N) is 7. The molecule has 3 aromatic heterocycles. The quantitative estimate of drug-likeness (QED) is 0.710. The molecule has 1 aliphatic rings. The molecule has 0 bridgehead atoms. The minimum Gasteiger partial charge on any atom is -0.350 e. The fraction of sp³-hybridized carbons (Fsp3) is 0.400. The molecule has 0 aromatic carbocycles. The Balaban J connectivity index is 1.75. The molecule has 22 heavy (non-hydrogen) atoms. The summed E-state index contributed by atoms with van der Waals surface area (Å²) in [7, 11) is 0. The van der Waals surface area contributed by atoms with Gasteiger partial charge in [-0.15, -0.1) is 0 Å². The number of anilines is 1. The lowest BCUT2D eigenvalue weighted by molar-refractivity contribution is 0.671. The van der Waals surface area contributed by atoms with Crippen LogP contribution < -0.4 is 4.90 Å². The number of aromatic nitrogens is 6. The molecule has 0 aliphatic carbocycles. The van der Waals surface area contributed by atoms with Crippen molar-refractivity contribution in [2.24, 2.45) is 0 Å². The number of rotatable bonds is 2. The third-order valence-corrected chi connectivity index (χ3v) is 4.00. The smallest absolute Gasteiger partial charge is 0.254 e. The molecule has 0 fully saturated rings. The van der Waals surface area contributed by atoms with Gasteiger partial charge in [-0.2, -0.15) is 14.6 Å². The van der Waals surface area contributed by atoms with Crippen LogP contribution in [-0.4, -0.2) is 36.1 Å². The van der Waals surface area contributed by atoms with E-state index < -0.39 is 0 Å². The first-order chi connectivity index (χ1) is 10.7. The summed E-state index contributed by atoms with van der Waals surface area (Å²) in [5.41, 5.74) is 3.30. The van der Waals surface area contributed by atoms with Crippen molar-refractivity contribution in [1.82, 2.24) is 29.5 Å². The number of fused-ring (bicyclic) bond motifs is 2. The Bertz CT molecular complexity index is 839. The van der Waals surface area contributed by atoms with Crippen molar-refractivity contribution in [3.63, 3.8) is 0 Å². The van der Waals surface area contributed by atoms with Crippen LogP contribution in [0.2, 0.25) is 0 Å². The molecule has 4 rings (SSSR count). The van der Waals surface area contributed by atoms with Crippen LogP contribution in [0.5, 0.6) is 0 Å². The Kier molecular flexibility index (Phi) is 2.99. The third kappa shape index (κ3) is 2.09. The van der Waals surface area contributed by atoms with Crippen molar-refractivity contribution < 1.29 is 0 Å². The minimum atomic E-state index is 0.637. The minimum absolute atomic E-state index is 0.637. The molecule has 1 aliphatic heterocycles. The summed E-state index contributed by atoms with van der Waals surface area (Å²) in [5.74, 6) is 2.55. The zero-order valence-corrected chi connectivity index (χ0v) is 12.7. The second kappa shape index (κ2) is 5.01.